The van der Waals surface area contributed by atoms with E-state index in [2.05, 4.69) is 10.6 Å². The smallest absolute Gasteiger partial charge is 0.325 e. The van der Waals surface area contributed by atoms with Gasteiger partial charge in [0.25, 0.3) is 5.91 Å². The third-order valence-electron chi connectivity index (χ3n) is 4.66. The summed E-state index contributed by atoms with van der Waals surface area (Å²) in [5.41, 5.74) is -0.369. The molecule has 1 saturated heterocycles. The van der Waals surface area contributed by atoms with Crippen LogP contribution in [-0.4, -0.2) is 35.3 Å². The quantitative estimate of drug-likeness (QED) is 0.783. The molecule has 6 nitrogen and oxygen atoms in total. The van der Waals surface area contributed by atoms with E-state index >= 15 is 0 Å². The highest BCUT2D eigenvalue weighted by molar-refractivity contribution is 6.09. The van der Waals surface area contributed by atoms with Crippen molar-refractivity contribution in [2.75, 3.05) is 6.54 Å². The van der Waals surface area contributed by atoms with Crippen molar-refractivity contribution in [1.82, 2.24) is 15.5 Å². The van der Waals surface area contributed by atoms with Gasteiger partial charge >= 0.3 is 6.03 Å². The van der Waals surface area contributed by atoms with Gasteiger partial charge in [-0.25, -0.2) is 4.79 Å². The Morgan fingerprint density at radius 3 is 2.38 bits per heavy atom. The molecule has 1 aromatic rings. The summed E-state index contributed by atoms with van der Waals surface area (Å²) in [7, 11) is 0. The summed E-state index contributed by atoms with van der Waals surface area (Å²) in [6.07, 6.45) is 0.419. The van der Waals surface area contributed by atoms with Crippen LogP contribution in [0.5, 0.6) is 0 Å². The van der Waals surface area contributed by atoms with E-state index in [-0.39, 0.29) is 30.3 Å². The molecule has 0 radical (unpaired) electrons. The molecule has 2 N–H and O–H groups in total. The minimum atomic E-state index is -1.09. The second kappa shape index (κ2) is 7.03. The molecule has 130 valence electrons. The number of urea groups is 1. The van der Waals surface area contributed by atoms with Crippen molar-refractivity contribution in [3.05, 3.63) is 35.9 Å². The number of carbonyl (C=O) groups excluding carboxylic acids is 3. The average Bonchev–Trinajstić information content (AvgIpc) is 2.80. The van der Waals surface area contributed by atoms with E-state index in [1.807, 2.05) is 58.0 Å². The first-order chi connectivity index (χ1) is 11.3. The Bertz CT molecular complexity index is 630. The third kappa shape index (κ3) is 3.27. The summed E-state index contributed by atoms with van der Waals surface area (Å²) >= 11 is 0. The maximum Gasteiger partial charge on any atom is 0.325 e. The van der Waals surface area contributed by atoms with E-state index in [1.165, 1.54) is 0 Å². The van der Waals surface area contributed by atoms with Crippen LogP contribution in [0.25, 0.3) is 0 Å². The van der Waals surface area contributed by atoms with Crippen molar-refractivity contribution in [3.63, 3.8) is 0 Å². The molecule has 1 heterocycles. The first kappa shape index (κ1) is 18.0. The Morgan fingerprint density at radius 1 is 1.21 bits per heavy atom. The minimum Gasteiger partial charge on any atom is -0.352 e. The second-order valence-corrected chi connectivity index (χ2v) is 6.55. The average molecular weight is 331 g/mol. The van der Waals surface area contributed by atoms with Gasteiger partial charge in [-0.05, 0) is 24.8 Å². The molecule has 6 heteroatoms. The van der Waals surface area contributed by atoms with Crippen LogP contribution in [0.3, 0.4) is 0 Å². The van der Waals surface area contributed by atoms with E-state index in [1.54, 1.807) is 0 Å². The molecule has 1 fully saturated rings. The van der Waals surface area contributed by atoms with Crippen LogP contribution in [0.1, 0.15) is 39.7 Å². The predicted molar refractivity (Wildman–Crippen MR) is 91.1 cm³/mol. The molecule has 1 aliphatic heterocycles. The van der Waals surface area contributed by atoms with Crippen molar-refractivity contribution in [2.24, 2.45) is 5.92 Å². The maximum atomic E-state index is 12.9. The predicted octanol–water partition coefficient (Wildman–Crippen LogP) is 2.00. The van der Waals surface area contributed by atoms with Crippen LogP contribution in [-0.2, 0) is 15.1 Å². The Kier molecular flexibility index (Phi) is 5.26. The topological polar surface area (TPSA) is 78.5 Å². The van der Waals surface area contributed by atoms with Crippen LogP contribution in [0.2, 0.25) is 0 Å². The van der Waals surface area contributed by atoms with E-state index < -0.39 is 11.6 Å². The highest BCUT2D eigenvalue weighted by Crippen LogP contribution is 2.32. The van der Waals surface area contributed by atoms with Crippen molar-refractivity contribution in [1.29, 1.82) is 0 Å². The Labute approximate surface area is 142 Å². The van der Waals surface area contributed by atoms with Gasteiger partial charge in [-0.15, -0.1) is 0 Å². The molecular formula is C18H25N3O3. The first-order valence-corrected chi connectivity index (χ1v) is 8.30. The molecule has 0 bridgehead atoms. The highest BCUT2D eigenvalue weighted by Gasteiger charge is 2.51. The first-order valence-electron chi connectivity index (χ1n) is 8.30. The number of amides is 4. The lowest BCUT2D eigenvalue weighted by atomic mass is 9.87. The number of hydrogen-bond donors (Lipinski definition) is 2. The zero-order valence-corrected chi connectivity index (χ0v) is 14.6. The molecule has 2 rings (SSSR count). The molecule has 0 aliphatic carbocycles. The summed E-state index contributed by atoms with van der Waals surface area (Å²) in [4.78, 5) is 38.3. The maximum absolute atomic E-state index is 12.9. The summed E-state index contributed by atoms with van der Waals surface area (Å²) < 4.78 is 0. The molecule has 24 heavy (non-hydrogen) atoms. The van der Waals surface area contributed by atoms with Gasteiger partial charge in [0.2, 0.25) is 5.91 Å². The number of nitrogens with one attached hydrogen (secondary N) is 2. The summed E-state index contributed by atoms with van der Waals surface area (Å²) in [5.74, 6) is -0.440. The summed E-state index contributed by atoms with van der Waals surface area (Å²) in [5, 5.41) is 5.59. The molecule has 0 aromatic heterocycles. The fourth-order valence-corrected chi connectivity index (χ4v) is 2.74. The number of benzene rings is 1. The second-order valence-electron chi connectivity index (χ2n) is 6.55. The molecule has 1 aliphatic rings. The standard InChI is InChI=1S/C18H25N3O3/c1-5-18(14-9-7-6-8-10-14)16(23)21(17(24)20-18)11-15(22)19-13(4)12(2)3/h6-10,12-13H,5,11H2,1-4H3,(H,19,22)(H,20,24)/t13-,18+/m1/s1. The lowest BCUT2D eigenvalue weighted by Crippen LogP contribution is -2.46. The fourth-order valence-electron chi connectivity index (χ4n) is 2.74. The van der Waals surface area contributed by atoms with E-state index in [4.69, 9.17) is 0 Å². The van der Waals surface area contributed by atoms with Crippen LogP contribution < -0.4 is 10.6 Å². The zero-order valence-electron chi connectivity index (χ0n) is 14.6. The van der Waals surface area contributed by atoms with Gasteiger partial charge in [-0.2, -0.15) is 0 Å². The number of imide groups is 1. The largest absolute Gasteiger partial charge is 0.352 e. The Hall–Kier alpha value is -2.37. The van der Waals surface area contributed by atoms with E-state index in [9.17, 15) is 14.4 Å². The van der Waals surface area contributed by atoms with Crippen LogP contribution in [0, 0.1) is 5.92 Å². The van der Waals surface area contributed by atoms with Crippen molar-refractivity contribution < 1.29 is 14.4 Å². The van der Waals surface area contributed by atoms with Crippen molar-refractivity contribution >= 4 is 17.8 Å². The minimum absolute atomic E-state index is 0.0247. The van der Waals surface area contributed by atoms with E-state index in [0.717, 1.165) is 10.5 Å². The molecule has 0 spiro atoms. The van der Waals surface area contributed by atoms with Gasteiger partial charge in [-0.1, -0.05) is 51.1 Å². The molecule has 1 aromatic carbocycles. The van der Waals surface area contributed by atoms with Crippen LogP contribution in [0.4, 0.5) is 4.79 Å². The lowest BCUT2D eigenvalue weighted by molar-refractivity contribution is -0.135. The molecule has 0 saturated carbocycles. The van der Waals surface area contributed by atoms with Gasteiger partial charge in [0.05, 0.1) is 0 Å². The van der Waals surface area contributed by atoms with E-state index in [0.29, 0.717) is 6.42 Å². The SMILES string of the molecule is CC[C@@]1(c2ccccc2)NC(=O)N(CC(=O)N[C@H](C)C(C)C)C1=O. The molecular weight excluding hydrogens is 306 g/mol. The number of hydrogen-bond acceptors (Lipinski definition) is 3. The summed E-state index contributed by atoms with van der Waals surface area (Å²) in [6.45, 7) is 7.47. The fraction of sp³-hybridized carbons (Fsp3) is 0.500. The zero-order chi connectivity index (χ0) is 17.9. The molecule has 0 unspecified atom stereocenters. The molecule has 2 atom stereocenters. The monoisotopic (exact) mass is 331 g/mol. The van der Waals surface area contributed by atoms with Gasteiger partial charge in [0.1, 0.15) is 12.1 Å². The Balaban J connectivity index is 2.18. The van der Waals surface area contributed by atoms with Gasteiger partial charge in [0, 0.05) is 6.04 Å². The highest BCUT2D eigenvalue weighted by atomic mass is 16.2. The lowest BCUT2D eigenvalue weighted by Gasteiger charge is -2.26. The van der Waals surface area contributed by atoms with Crippen molar-refractivity contribution in [2.45, 2.75) is 45.7 Å². The van der Waals surface area contributed by atoms with Crippen molar-refractivity contribution in [3.8, 4) is 0 Å². The summed E-state index contributed by atoms with van der Waals surface area (Å²) in [6, 6.07) is 8.57. The van der Waals surface area contributed by atoms with Gasteiger partial charge in [-0.3, -0.25) is 14.5 Å². The van der Waals surface area contributed by atoms with Gasteiger partial charge in [0.15, 0.2) is 0 Å². The number of nitrogens with zero attached hydrogens (tertiary/aromatic N) is 1. The third-order valence-corrected chi connectivity index (χ3v) is 4.66. The normalized spacial score (nSPS) is 21.8. The Morgan fingerprint density at radius 2 is 1.83 bits per heavy atom. The number of rotatable bonds is 6. The van der Waals surface area contributed by atoms with Crippen LogP contribution in [0.15, 0.2) is 30.3 Å². The van der Waals surface area contributed by atoms with Crippen LogP contribution >= 0.6 is 0 Å². The number of carbonyl (C=O) groups is 3. The van der Waals surface area contributed by atoms with Gasteiger partial charge < -0.3 is 10.6 Å². The molecule has 4 amide bonds.